The topological polar surface area (TPSA) is 33.0 Å². The molecule has 1 aromatic carbocycles. The molecule has 0 aliphatic heterocycles. The van der Waals surface area contributed by atoms with Gasteiger partial charge in [-0.15, -0.1) is 6.42 Å². The molecule has 0 fully saturated rings. The Morgan fingerprint density at radius 1 is 1.50 bits per heavy atom. The predicted octanol–water partition coefficient (Wildman–Crippen LogP) is 1.57. The van der Waals surface area contributed by atoms with E-state index in [1.165, 1.54) is 0 Å². The Labute approximate surface area is 71.4 Å². The molecule has 0 unspecified atom stereocenters. The molecule has 0 bridgehead atoms. The van der Waals surface area contributed by atoms with Gasteiger partial charge in [0, 0.05) is 0 Å². The first kappa shape index (κ1) is 8.17. The lowest BCUT2D eigenvalue weighted by molar-refractivity contribution is 0.370. The SMILES string of the molecule is C#CCOc1cccc(C#N)c1. The third-order valence-electron chi connectivity index (χ3n) is 1.29. The second-order valence-corrected chi connectivity index (χ2v) is 2.13. The third-order valence-corrected chi connectivity index (χ3v) is 1.29. The molecule has 0 spiro atoms. The lowest BCUT2D eigenvalue weighted by atomic mass is 10.2. The molecule has 2 nitrogen and oxygen atoms in total. The quantitative estimate of drug-likeness (QED) is 0.610. The van der Waals surface area contributed by atoms with Gasteiger partial charge < -0.3 is 4.74 Å². The zero-order valence-electron chi connectivity index (χ0n) is 6.45. The van der Waals surface area contributed by atoms with Crippen LogP contribution < -0.4 is 4.74 Å². The van der Waals surface area contributed by atoms with Crippen LogP contribution in [0.15, 0.2) is 24.3 Å². The number of benzene rings is 1. The van der Waals surface area contributed by atoms with Crippen LogP contribution in [0.1, 0.15) is 5.56 Å². The van der Waals surface area contributed by atoms with Crippen molar-refractivity contribution >= 4 is 0 Å². The van der Waals surface area contributed by atoms with Gasteiger partial charge in [-0.3, -0.25) is 0 Å². The van der Waals surface area contributed by atoms with Gasteiger partial charge in [0.1, 0.15) is 12.4 Å². The van der Waals surface area contributed by atoms with Gasteiger partial charge >= 0.3 is 0 Å². The maximum Gasteiger partial charge on any atom is 0.148 e. The summed E-state index contributed by atoms with van der Waals surface area (Å²) in [5.74, 6) is 2.98. The summed E-state index contributed by atoms with van der Waals surface area (Å²) in [7, 11) is 0. The normalized spacial score (nSPS) is 8.17. The van der Waals surface area contributed by atoms with Crippen LogP contribution in [0.2, 0.25) is 0 Å². The zero-order chi connectivity index (χ0) is 8.81. The summed E-state index contributed by atoms with van der Waals surface area (Å²) in [6.45, 7) is 0.231. The Bertz CT molecular complexity index is 344. The molecule has 2 heteroatoms. The highest BCUT2D eigenvalue weighted by molar-refractivity contribution is 5.36. The van der Waals surface area contributed by atoms with Crippen LogP contribution >= 0.6 is 0 Å². The molecule has 0 saturated carbocycles. The molecule has 0 aliphatic carbocycles. The lowest BCUT2D eigenvalue weighted by Crippen LogP contribution is -1.93. The smallest absolute Gasteiger partial charge is 0.148 e. The maximum atomic E-state index is 8.54. The van der Waals surface area contributed by atoms with E-state index in [9.17, 15) is 0 Å². The lowest BCUT2D eigenvalue weighted by Gasteiger charge is -2.00. The summed E-state index contributed by atoms with van der Waals surface area (Å²) < 4.78 is 5.11. The van der Waals surface area contributed by atoms with Gasteiger partial charge in [0.25, 0.3) is 0 Å². The summed E-state index contributed by atoms with van der Waals surface area (Å²) >= 11 is 0. The average molecular weight is 157 g/mol. The van der Waals surface area contributed by atoms with E-state index >= 15 is 0 Å². The second kappa shape index (κ2) is 4.05. The highest BCUT2D eigenvalue weighted by Gasteiger charge is 1.93. The van der Waals surface area contributed by atoms with Crippen molar-refractivity contribution in [3.63, 3.8) is 0 Å². The van der Waals surface area contributed by atoms with E-state index < -0.39 is 0 Å². The van der Waals surface area contributed by atoms with Crippen LogP contribution in [0.4, 0.5) is 0 Å². The van der Waals surface area contributed by atoms with Crippen molar-refractivity contribution in [3.05, 3.63) is 29.8 Å². The summed E-state index contributed by atoms with van der Waals surface area (Å²) in [6, 6.07) is 8.89. The molecule has 1 rings (SSSR count). The Balaban J connectivity index is 2.76. The molecule has 12 heavy (non-hydrogen) atoms. The van der Waals surface area contributed by atoms with Gasteiger partial charge in [0.15, 0.2) is 0 Å². The number of terminal acetylenes is 1. The van der Waals surface area contributed by atoms with Crippen LogP contribution in [-0.4, -0.2) is 6.61 Å². The Hall–Kier alpha value is -1.93. The number of rotatable bonds is 2. The Morgan fingerprint density at radius 3 is 3.00 bits per heavy atom. The van der Waals surface area contributed by atoms with Gasteiger partial charge in [-0.2, -0.15) is 5.26 Å². The van der Waals surface area contributed by atoms with Crippen LogP contribution in [0.3, 0.4) is 0 Å². The minimum atomic E-state index is 0.231. The Morgan fingerprint density at radius 2 is 2.33 bits per heavy atom. The molecular weight excluding hydrogens is 150 g/mol. The van der Waals surface area contributed by atoms with Gasteiger partial charge in [0.05, 0.1) is 11.6 Å². The van der Waals surface area contributed by atoms with Crippen LogP contribution in [-0.2, 0) is 0 Å². The predicted molar refractivity (Wildman–Crippen MR) is 45.5 cm³/mol. The van der Waals surface area contributed by atoms with Crippen molar-refractivity contribution in [1.82, 2.24) is 0 Å². The summed E-state index contributed by atoms with van der Waals surface area (Å²) in [6.07, 6.45) is 5.01. The van der Waals surface area contributed by atoms with Crippen molar-refractivity contribution in [3.8, 4) is 24.2 Å². The van der Waals surface area contributed by atoms with E-state index in [0.717, 1.165) is 0 Å². The molecule has 0 heterocycles. The molecule has 0 atom stereocenters. The van der Waals surface area contributed by atoms with Crippen molar-refractivity contribution < 1.29 is 4.74 Å². The highest BCUT2D eigenvalue weighted by Crippen LogP contribution is 2.11. The minimum Gasteiger partial charge on any atom is -0.481 e. The van der Waals surface area contributed by atoms with Crippen molar-refractivity contribution in [2.24, 2.45) is 0 Å². The van der Waals surface area contributed by atoms with E-state index in [0.29, 0.717) is 11.3 Å². The number of nitriles is 1. The van der Waals surface area contributed by atoms with Crippen LogP contribution in [0, 0.1) is 23.7 Å². The van der Waals surface area contributed by atoms with Gasteiger partial charge in [0.2, 0.25) is 0 Å². The Kier molecular flexibility index (Phi) is 2.76. The average Bonchev–Trinajstić information content (AvgIpc) is 2.15. The van der Waals surface area contributed by atoms with Crippen LogP contribution in [0.5, 0.6) is 5.75 Å². The van der Waals surface area contributed by atoms with E-state index in [-0.39, 0.29) is 6.61 Å². The summed E-state index contributed by atoms with van der Waals surface area (Å²) in [5, 5.41) is 8.54. The standard InChI is InChI=1S/C10H7NO/c1-2-6-12-10-5-3-4-9(7-10)8-11/h1,3-5,7H,6H2. The molecule has 0 amide bonds. The zero-order valence-corrected chi connectivity index (χ0v) is 6.45. The fraction of sp³-hybridized carbons (Fsp3) is 0.100. The molecule has 1 aromatic rings. The van der Waals surface area contributed by atoms with Crippen LogP contribution in [0.25, 0.3) is 0 Å². The van der Waals surface area contributed by atoms with Gasteiger partial charge in [-0.1, -0.05) is 12.0 Å². The molecule has 0 radical (unpaired) electrons. The third kappa shape index (κ3) is 2.04. The first-order chi connectivity index (χ1) is 5.86. The molecule has 0 aliphatic rings. The fourth-order valence-corrected chi connectivity index (χ4v) is 0.780. The maximum absolute atomic E-state index is 8.54. The molecule has 0 aromatic heterocycles. The van der Waals surface area contributed by atoms with Crippen molar-refractivity contribution in [2.75, 3.05) is 6.61 Å². The van der Waals surface area contributed by atoms with E-state index in [4.69, 9.17) is 16.4 Å². The molecule has 0 saturated heterocycles. The highest BCUT2D eigenvalue weighted by atomic mass is 16.5. The van der Waals surface area contributed by atoms with Crippen molar-refractivity contribution in [2.45, 2.75) is 0 Å². The number of nitrogens with zero attached hydrogens (tertiary/aromatic N) is 1. The first-order valence-electron chi connectivity index (χ1n) is 3.43. The molecule has 58 valence electrons. The minimum absolute atomic E-state index is 0.231. The number of hydrogen-bond acceptors (Lipinski definition) is 2. The van der Waals surface area contributed by atoms with Gasteiger partial charge in [-0.25, -0.2) is 0 Å². The summed E-state index contributed by atoms with van der Waals surface area (Å²) in [4.78, 5) is 0. The molecular formula is C10H7NO. The monoisotopic (exact) mass is 157 g/mol. The summed E-state index contributed by atoms with van der Waals surface area (Å²) in [5.41, 5.74) is 0.574. The van der Waals surface area contributed by atoms with E-state index in [1.807, 2.05) is 6.07 Å². The largest absolute Gasteiger partial charge is 0.481 e. The molecule has 0 N–H and O–H groups in total. The first-order valence-corrected chi connectivity index (χ1v) is 3.43. The van der Waals surface area contributed by atoms with Gasteiger partial charge in [-0.05, 0) is 18.2 Å². The van der Waals surface area contributed by atoms with E-state index in [1.54, 1.807) is 24.3 Å². The number of ether oxygens (including phenoxy) is 1. The fourth-order valence-electron chi connectivity index (χ4n) is 0.780. The van der Waals surface area contributed by atoms with E-state index in [2.05, 4.69) is 5.92 Å². The number of hydrogen-bond donors (Lipinski definition) is 0. The second-order valence-electron chi connectivity index (χ2n) is 2.13. The van der Waals surface area contributed by atoms with Crippen molar-refractivity contribution in [1.29, 1.82) is 5.26 Å².